The number of amides is 1. The standard InChI is InChI=1S/C39H77NO15/c1-3-4-5-11-16-45-21-23-48-28-30-51-31-32-52-33-34-54-36-37(55-39(43)40-15-10-8-9-14-38(41)42)35-53-18-13-7-6-12-17-46-22-24-49-27-29-50-26-25-47-20-19-44-2/h37H,3-36H2,1-2H3,(H,40,43)(H,41,42). The summed E-state index contributed by atoms with van der Waals surface area (Å²) in [6, 6.07) is 0. The van der Waals surface area contributed by atoms with Gasteiger partial charge >= 0.3 is 12.1 Å². The number of hydrogen-bond acceptors (Lipinski definition) is 14. The number of alkyl carbamates (subject to hydrolysis) is 1. The minimum Gasteiger partial charge on any atom is -0.481 e. The van der Waals surface area contributed by atoms with Gasteiger partial charge in [0, 0.05) is 39.9 Å². The van der Waals surface area contributed by atoms with Gasteiger partial charge in [0.1, 0.15) is 0 Å². The number of nitrogens with one attached hydrogen (secondary N) is 1. The Balaban J connectivity index is 3.93. The summed E-state index contributed by atoms with van der Waals surface area (Å²) in [6.45, 7) is 13.2. The predicted molar refractivity (Wildman–Crippen MR) is 207 cm³/mol. The van der Waals surface area contributed by atoms with Gasteiger partial charge in [0.25, 0.3) is 0 Å². The first-order chi connectivity index (χ1) is 27.1. The summed E-state index contributed by atoms with van der Waals surface area (Å²) in [5.41, 5.74) is 0. The topological polar surface area (TPSA) is 177 Å². The van der Waals surface area contributed by atoms with Gasteiger partial charge in [0.15, 0.2) is 6.10 Å². The molecule has 16 heteroatoms. The summed E-state index contributed by atoms with van der Waals surface area (Å²) >= 11 is 0. The molecule has 0 aliphatic rings. The van der Waals surface area contributed by atoms with Crippen molar-refractivity contribution in [3.8, 4) is 0 Å². The smallest absolute Gasteiger partial charge is 0.407 e. The largest absolute Gasteiger partial charge is 0.481 e. The van der Waals surface area contributed by atoms with Crippen LogP contribution in [0.3, 0.4) is 0 Å². The van der Waals surface area contributed by atoms with Gasteiger partial charge in [-0.3, -0.25) is 4.79 Å². The van der Waals surface area contributed by atoms with Crippen molar-refractivity contribution in [1.82, 2.24) is 5.32 Å². The minimum absolute atomic E-state index is 0.122. The van der Waals surface area contributed by atoms with Gasteiger partial charge in [-0.05, 0) is 32.1 Å². The van der Waals surface area contributed by atoms with Crippen molar-refractivity contribution in [2.45, 2.75) is 90.1 Å². The van der Waals surface area contributed by atoms with E-state index in [1.807, 2.05) is 0 Å². The maximum absolute atomic E-state index is 12.4. The second kappa shape index (κ2) is 46.7. The van der Waals surface area contributed by atoms with Crippen LogP contribution in [0.2, 0.25) is 0 Å². The molecule has 0 fully saturated rings. The van der Waals surface area contributed by atoms with Crippen LogP contribution < -0.4 is 5.32 Å². The molecule has 328 valence electrons. The highest BCUT2D eigenvalue weighted by molar-refractivity contribution is 5.67. The molecule has 2 N–H and O–H groups in total. The number of rotatable bonds is 47. The van der Waals surface area contributed by atoms with E-state index in [0.29, 0.717) is 145 Å². The van der Waals surface area contributed by atoms with E-state index in [2.05, 4.69) is 12.2 Å². The highest BCUT2D eigenvalue weighted by Gasteiger charge is 2.15. The number of unbranched alkanes of at least 4 members (excludes halogenated alkanes) is 8. The van der Waals surface area contributed by atoms with Crippen molar-refractivity contribution in [3.63, 3.8) is 0 Å². The fourth-order valence-electron chi connectivity index (χ4n) is 4.68. The highest BCUT2D eigenvalue weighted by Crippen LogP contribution is 2.04. The molecule has 0 bridgehead atoms. The second-order valence-corrected chi connectivity index (χ2v) is 12.7. The SMILES string of the molecule is CCCCCCOCCOCCOCCOCCOCC(COCCCCCCOCCOCCOCCOCCOC)OC(=O)NCCCCCC(=O)O. The van der Waals surface area contributed by atoms with Gasteiger partial charge in [-0.15, -0.1) is 0 Å². The molecule has 1 atom stereocenters. The summed E-state index contributed by atoms with van der Waals surface area (Å²) in [4.78, 5) is 23.0. The summed E-state index contributed by atoms with van der Waals surface area (Å²) < 4.78 is 66.1. The average Bonchev–Trinajstić information content (AvgIpc) is 3.17. The van der Waals surface area contributed by atoms with Crippen LogP contribution in [-0.2, 0) is 61.6 Å². The van der Waals surface area contributed by atoms with Crippen molar-refractivity contribution >= 4 is 12.1 Å². The molecule has 0 aromatic carbocycles. The Bertz CT molecular complexity index is 784. The quantitative estimate of drug-likeness (QED) is 0.0811. The van der Waals surface area contributed by atoms with Crippen LogP contribution in [0.5, 0.6) is 0 Å². The maximum atomic E-state index is 12.4. The summed E-state index contributed by atoms with van der Waals surface area (Å²) in [6.07, 6.45) is 9.60. The zero-order valence-electron chi connectivity index (χ0n) is 34.3. The van der Waals surface area contributed by atoms with Crippen molar-refractivity contribution < 1.29 is 71.5 Å². The van der Waals surface area contributed by atoms with E-state index in [1.54, 1.807) is 7.11 Å². The fraction of sp³-hybridized carbons (Fsp3) is 0.949. The monoisotopic (exact) mass is 800 g/mol. The van der Waals surface area contributed by atoms with Gasteiger partial charge < -0.3 is 67.3 Å². The Labute approximate surface area is 331 Å². The fourth-order valence-corrected chi connectivity index (χ4v) is 4.68. The number of carboxylic acid groups (broad SMARTS) is 1. The Morgan fingerprint density at radius 1 is 0.455 bits per heavy atom. The first kappa shape index (κ1) is 53.3. The van der Waals surface area contributed by atoms with Crippen LogP contribution in [0.25, 0.3) is 0 Å². The molecule has 1 unspecified atom stereocenters. The zero-order chi connectivity index (χ0) is 40.0. The lowest BCUT2D eigenvalue weighted by Gasteiger charge is -2.19. The third-order valence-electron chi connectivity index (χ3n) is 7.72. The molecule has 55 heavy (non-hydrogen) atoms. The molecular weight excluding hydrogens is 722 g/mol. The summed E-state index contributed by atoms with van der Waals surface area (Å²) in [5, 5.41) is 11.5. The predicted octanol–water partition coefficient (Wildman–Crippen LogP) is 4.68. The molecule has 0 heterocycles. The Morgan fingerprint density at radius 2 is 0.818 bits per heavy atom. The lowest BCUT2D eigenvalue weighted by atomic mass is 10.2. The van der Waals surface area contributed by atoms with Crippen molar-refractivity contribution in [2.24, 2.45) is 0 Å². The van der Waals surface area contributed by atoms with Crippen LogP contribution in [-0.4, -0.2) is 176 Å². The molecular formula is C39H77NO15. The Kier molecular flexibility index (Phi) is 45.2. The molecule has 0 radical (unpaired) electrons. The normalized spacial score (nSPS) is 12.0. The molecule has 0 saturated heterocycles. The molecule has 0 aliphatic heterocycles. The summed E-state index contributed by atoms with van der Waals surface area (Å²) in [7, 11) is 1.64. The van der Waals surface area contributed by atoms with Crippen LogP contribution in [0, 0.1) is 0 Å². The number of aliphatic carboxylic acids is 1. The zero-order valence-corrected chi connectivity index (χ0v) is 34.3. The third kappa shape index (κ3) is 46.6. The van der Waals surface area contributed by atoms with Gasteiger partial charge in [0.2, 0.25) is 0 Å². The molecule has 0 rings (SSSR count). The number of hydrogen-bond donors (Lipinski definition) is 2. The lowest BCUT2D eigenvalue weighted by molar-refractivity contribution is -0.137. The van der Waals surface area contributed by atoms with Crippen LogP contribution in [0.1, 0.15) is 84.0 Å². The van der Waals surface area contributed by atoms with Crippen LogP contribution in [0.4, 0.5) is 4.79 Å². The number of carbonyl (C=O) groups is 2. The van der Waals surface area contributed by atoms with Gasteiger partial charge in [-0.25, -0.2) is 4.79 Å². The number of carboxylic acids is 1. The van der Waals surface area contributed by atoms with E-state index in [0.717, 1.165) is 38.7 Å². The third-order valence-corrected chi connectivity index (χ3v) is 7.72. The van der Waals surface area contributed by atoms with Gasteiger partial charge in [0.05, 0.1) is 119 Å². The number of methoxy groups -OCH3 is 1. The summed E-state index contributed by atoms with van der Waals surface area (Å²) in [5.74, 6) is -0.819. The van der Waals surface area contributed by atoms with E-state index in [1.165, 1.54) is 19.3 Å². The number of carbonyl (C=O) groups excluding carboxylic acids is 1. The molecule has 0 aliphatic carbocycles. The highest BCUT2D eigenvalue weighted by atomic mass is 16.6. The average molecular weight is 800 g/mol. The van der Waals surface area contributed by atoms with E-state index in [-0.39, 0.29) is 19.6 Å². The van der Waals surface area contributed by atoms with Crippen LogP contribution >= 0.6 is 0 Å². The van der Waals surface area contributed by atoms with E-state index < -0.39 is 18.2 Å². The van der Waals surface area contributed by atoms with E-state index in [4.69, 9.17) is 61.9 Å². The first-order valence-corrected chi connectivity index (χ1v) is 20.5. The lowest BCUT2D eigenvalue weighted by Crippen LogP contribution is -2.35. The van der Waals surface area contributed by atoms with Gasteiger partial charge in [-0.2, -0.15) is 0 Å². The molecule has 0 saturated carbocycles. The molecule has 0 aromatic rings. The second-order valence-electron chi connectivity index (χ2n) is 12.7. The van der Waals surface area contributed by atoms with Gasteiger partial charge in [-0.1, -0.05) is 45.4 Å². The first-order valence-electron chi connectivity index (χ1n) is 20.5. The van der Waals surface area contributed by atoms with Crippen LogP contribution in [0.15, 0.2) is 0 Å². The Morgan fingerprint density at radius 3 is 1.25 bits per heavy atom. The van der Waals surface area contributed by atoms with Crippen molar-refractivity contribution in [2.75, 3.05) is 152 Å². The molecule has 1 amide bonds. The molecule has 16 nitrogen and oxygen atoms in total. The maximum Gasteiger partial charge on any atom is 0.407 e. The van der Waals surface area contributed by atoms with Crippen molar-refractivity contribution in [3.05, 3.63) is 0 Å². The Hall–Kier alpha value is -1.70. The molecule has 0 aromatic heterocycles. The van der Waals surface area contributed by atoms with E-state index in [9.17, 15) is 9.59 Å². The minimum atomic E-state index is -0.819. The van der Waals surface area contributed by atoms with Crippen molar-refractivity contribution in [1.29, 1.82) is 0 Å². The number of ether oxygens (including phenoxy) is 12. The van der Waals surface area contributed by atoms with E-state index >= 15 is 0 Å². The molecule has 0 spiro atoms.